The molecule has 1 saturated carbocycles. The molecule has 0 saturated heterocycles. The summed E-state index contributed by atoms with van der Waals surface area (Å²) in [4.78, 5) is 10.9. The molecule has 0 spiro atoms. The predicted molar refractivity (Wildman–Crippen MR) is 45.2 cm³/mol. The zero-order chi connectivity index (χ0) is 8.10. The number of carbonyl (C=O) groups is 1. The van der Waals surface area contributed by atoms with E-state index in [9.17, 15) is 4.79 Å². The van der Waals surface area contributed by atoms with Crippen LogP contribution < -0.4 is 5.32 Å². The van der Waals surface area contributed by atoms with Crippen LogP contribution >= 0.6 is 0 Å². The van der Waals surface area contributed by atoms with Crippen molar-refractivity contribution in [1.82, 2.24) is 5.32 Å². The minimum Gasteiger partial charge on any atom is -0.352 e. The van der Waals surface area contributed by atoms with Crippen molar-refractivity contribution in [3.8, 4) is 0 Å². The first-order valence-corrected chi connectivity index (χ1v) is 4.23. The number of amides is 1. The van der Waals surface area contributed by atoms with Crippen LogP contribution in [-0.4, -0.2) is 12.5 Å². The van der Waals surface area contributed by atoms with E-state index in [0.29, 0.717) is 0 Å². The SMILES string of the molecule is CC=CC(=O)NCC1CCC1. The van der Waals surface area contributed by atoms with Gasteiger partial charge in [0.1, 0.15) is 0 Å². The zero-order valence-electron chi connectivity index (χ0n) is 6.97. The Morgan fingerprint density at radius 2 is 2.36 bits per heavy atom. The lowest BCUT2D eigenvalue weighted by molar-refractivity contribution is -0.116. The molecule has 11 heavy (non-hydrogen) atoms. The van der Waals surface area contributed by atoms with Crippen molar-refractivity contribution in [2.45, 2.75) is 26.2 Å². The standard InChI is InChI=1S/C9H15NO/c1-2-4-9(11)10-7-8-5-3-6-8/h2,4,8H,3,5-7H2,1H3,(H,10,11). The minimum absolute atomic E-state index is 0.0411. The van der Waals surface area contributed by atoms with Gasteiger partial charge in [-0.2, -0.15) is 0 Å². The van der Waals surface area contributed by atoms with Gasteiger partial charge in [0, 0.05) is 6.54 Å². The van der Waals surface area contributed by atoms with E-state index in [1.165, 1.54) is 19.3 Å². The molecule has 62 valence electrons. The van der Waals surface area contributed by atoms with Gasteiger partial charge in [0.15, 0.2) is 0 Å². The second-order valence-electron chi connectivity index (χ2n) is 3.04. The molecule has 1 fully saturated rings. The quantitative estimate of drug-likeness (QED) is 0.611. The Morgan fingerprint density at radius 1 is 1.64 bits per heavy atom. The van der Waals surface area contributed by atoms with E-state index in [0.717, 1.165) is 12.5 Å². The highest BCUT2D eigenvalue weighted by Gasteiger charge is 2.16. The second-order valence-corrected chi connectivity index (χ2v) is 3.04. The van der Waals surface area contributed by atoms with E-state index in [1.807, 2.05) is 6.92 Å². The van der Waals surface area contributed by atoms with Gasteiger partial charge < -0.3 is 5.32 Å². The fraction of sp³-hybridized carbons (Fsp3) is 0.667. The summed E-state index contributed by atoms with van der Waals surface area (Å²) in [7, 11) is 0. The molecule has 0 radical (unpaired) electrons. The fourth-order valence-electron chi connectivity index (χ4n) is 1.15. The number of hydrogen-bond acceptors (Lipinski definition) is 1. The van der Waals surface area contributed by atoms with Crippen molar-refractivity contribution in [2.75, 3.05) is 6.54 Å². The van der Waals surface area contributed by atoms with Crippen molar-refractivity contribution in [1.29, 1.82) is 0 Å². The molecule has 2 nitrogen and oxygen atoms in total. The summed E-state index contributed by atoms with van der Waals surface area (Å²) in [5.41, 5.74) is 0. The zero-order valence-corrected chi connectivity index (χ0v) is 6.97. The van der Waals surface area contributed by atoms with E-state index in [2.05, 4.69) is 5.32 Å². The molecule has 0 heterocycles. The molecule has 1 aliphatic carbocycles. The number of carbonyl (C=O) groups excluding carboxylic acids is 1. The number of rotatable bonds is 3. The van der Waals surface area contributed by atoms with Gasteiger partial charge in [-0.3, -0.25) is 4.79 Å². The molecule has 0 aromatic carbocycles. The number of nitrogens with one attached hydrogen (secondary N) is 1. The van der Waals surface area contributed by atoms with Crippen LogP contribution in [0.2, 0.25) is 0 Å². The third-order valence-corrected chi connectivity index (χ3v) is 2.11. The maximum Gasteiger partial charge on any atom is 0.243 e. The van der Waals surface area contributed by atoms with E-state index >= 15 is 0 Å². The Morgan fingerprint density at radius 3 is 2.82 bits per heavy atom. The summed E-state index contributed by atoms with van der Waals surface area (Å²) in [6.07, 6.45) is 7.24. The predicted octanol–water partition coefficient (Wildman–Crippen LogP) is 1.48. The second kappa shape index (κ2) is 4.16. The summed E-state index contributed by atoms with van der Waals surface area (Å²) in [5, 5.41) is 2.86. The Kier molecular flexibility index (Phi) is 3.14. The number of allylic oxidation sites excluding steroid dienone is 1. The molecule has 2 heteroatoms. The van der Waals surface area contributed by atoms with Gasteiger partial charge in [-0.15, -0.1) is 0 Å². The van der Waals surface area contributed by atoms with Crippen LogP contribution in [0, 0.1) is 5.92 Å². The van der Waals surface area contributed by atoms with E-state index < -0.39 is 0 Å². The maximum atomic E-state index is 10.9. The van der Waals surface area contributed by atoms with Crippen LogP contribution in [0.5, 0.6) is 0 Å². The Hall–Kier alpha value is -0.790. The summed E-state index contributed by atoms with van der Waals surface area (Å²) >= 11 is 0. The van der Waals surface area contributed by atoms with Gasteiger partial charge in [-0.05, 0) is 31.8 Å². The van der Waals surface area contributed by atoms with Crippen molar-refractivity contribution < 1.29 is 4.79 Å². The number of hydrogen-bond donors (Lipinski definition) is 1. The minimum atomic E-state index is 0.0411. The lowest BCUT2D eigenvalue weighted by atomic mass is 9.85. The van der Waals surface area contributed by atoms with Crippen LogP contribution in [0.4, 0.5) is 0 Å². The fourth-order valence-corrected chi connectivity index (χ4v) is 1.15. The van der Waals surface area contributed by atoms with Crippen molar-refractivity contribution >= 4 is 5.91 Å². The molecule has 1 rings (SSSR count). The Balaban J connectivity index is 2.05. The molecule has 0 aromatic heterocycles. The third kappa shape index (κ3) is 2.74. The Bertz CT molecular complexity index is 159. The lowest BCUT2D eigenvalue weighted by Crippen LogP contribution is -2.30. The molecule has 0 aromatic rings. The normalized spacial score (nSPS) is 18.3. The highest BCUT2D eigenvalue weighted by Crippen LogP contribution is 2.24. The smallest absolute Gasteiger partial charge is 0.243 e. The van der Waals surface area contributed by atoms with Crippen LogP contribution in [0.1, 0.15) is 26.2 Å². The maximum absolute atomic E-state index is 10.9. The molecule has 0 aliphatic heterocycles. The van der Waals surface area contributed by atoms with Crippen molar-refractivity contribution in [3.05, 3.63) is 12.2 Å². The molecule has 1 aliphatic rings. The highest BCUT2D eigenvalue weighted by molar-refractivity contribution is 5.87. The summed E-state index contributed by atoms with van der Waals surface area (Å²) < 4.78 is 0. The Labute approximate surface area is 67.7 Å². The van der Waals surface area contributed by atoms with Gasteiger partial charge >= 0.3 is 0 Å². The molecular weight excluding hydrogens is 138 g/mol. The molecular formula is C9H15NO. The van der Waals surface area contributed by atoms with E-state index in [1.54, 1.807) is 12.2 Å². The van der Waals surface area contributed by atoms with Crippen LogP contribution in [-0.2, 0) is 4.79 Å². The first-order valence-electron chi connectivity index (χ1n) is 4.23. The summed E-state index contributed by atoms with van der Waals surface area (Å²) in [5.74, 6) is 0.795. The summed E-state index contributed by atoms with van der Waals surface area (Å²) in [6.45, 7) is 2.71. The topological polar surface area (TPSA) is 29.1 Å². The first-order chi connectivity index (χ1) is 5.33. The highest BCUT2D eigenvalue weighted by atomic mass is 16.1. The van der Waals surface area contributed by atoms with Gasteiger partial charge in [-0.1, -0.05) is 12.5 Å². The monoisotopic (exact) mass is 153 g/mol. The van der Waals surface area contributed by atoms with Crippen LogP contribution in [0.25, 0.3) is 0 Å². The molecule has 0 bridgehead atoms. The largest absolute Gasteiger partial charge is 0.352 e. The molecule has 0 unspecified atom stereocenters. The summed E-state index contributed by atoms with van der Waals surface area (Å²) in [6, 6.07) is 0. The average molecular weight is 153 g/mol. The van der Waals surface area contributed by atoms with Crippen molar-refractivity contribution in [2.24, 2.45) is 5.92 Å². The van der Waals surface area contributed by atoms with Crippen molar-refractivity contribution in [3.63, 3.8) is 0 Å². The first kappa shape index (κ1) is 8.31. The van der Waals surface area contributed by atoms with Crippen LogP contribution in [0.15, 0.2) is 12.2 Å². The molecule has 1 N–H and O–H groups in total. The van der Waals surface area contributed by atoms with Gasteiger partial charge in [-0.25, -0.2) is 0 Å². The van der Waals surface area contributed by atoms with E-state index in [-0.39, 0.29) is 5.91 Å². The van der Waals surface area contributed by atoms with Crippen LogP contribution in [0.3, 0.4) is 0 Å². The average Bonchev–Trinajstić information content (AvgIpc) is 1.85. The lowest BCUT2D eigenvalue weighted by Gasteiger charge is -2.24. The molecule has 0 atom stereocenters. The van der Waals surface area contributed by atoms with Gasteiger partial charge in [0.2, 0.25) is 5.91 Å². The van der Waals surface area contributed by atoms with Gasteiger partial charge in [0.05, 0.1) is 0 Å². The molecule has 1 amide bonds. The third-order valence-electron chi connectivity index (χ3n) is 2.11. The van der Waals surface area contributed by atoms with Gasteiger partial charge in [0.25, 0.3) is 0 Å². The van der Waals surface area contributed by atoms with E-state index in [4.69, 9.17) is 0 Å².